The number of carbonyl (C=O) groups excluding carboxylic acids is 2. The van der Waals surface area contributed by atoms with Gasteiger partial charge in [0, 0.05) is 12.8 Å². The first-order valence-electron chi connectivity index (χ1n) is 11.4. The number of para-hydroxylation sites is 1. The molecule has 1 unspecified atom stereocenters. The summed E-state index contributed by atoms with van der Waals surface area (Å²) in [4.78, 5) is 41.5. The van der Waals surface area contributed by atoms with Gasteiger partial charge in [0.1, 0.15) is 30.1 Å². The summed E-state index contributed by atoms with van der Waals surface area (Å²) in [5.41, 5.74) is 0. The number of hydrogen-bond donors (Lipinski definition) is 0. The second-order valence-electron chi connectivity index (χ2n) is 8.48. The van der Waals surface area contributed by atoms with Gasteiger partial charge in [0.2, 0.25) is 12.2 Å². The molecule has 0 spiro atoms. The molecule has 1 saturated heterocycles. The minimum absolute atomic E-state index is 0.0643. The van der Waals surface area contributed by atoms with Gasteiger partial charge in [-0.2, -0.15) is 13.2 Å². The van der Waals surface area contributed by atoms with Gasteiger partial charge in [0.05, 0.1) is 13.7 Å². The predicted molar refractivity (Wildman–Crippen MR) is 120 cm³/mol. The molecule has 2 aromatic rings. The Morgan fingerprint density at radius 2 is 1.94 bits per heavy atom. The molecule has 1 fully saturated rings. The SMILES string of the molecule is COC(=O)[C@@H]1C[C@H](Oc2ccccc2)CN1C(=O)C(CCCCCC(F)(F)F)n1cnc([N+](=O)[O-])c1. The minimum Gasteiger partial charge on any atom is -0.488 e. The fourth-order valence-corrected chi connectivity index (χ4v) is 4.20. The third kappa shape index (κ3) is 7.18. The molecule has 2 heterocycles. The van der Waals surface area contributed by atoms with E-state index < -0.39 is 53.4 Å². The molecule has 1 aliphatic rings. The predicted octanol–water partition coefficient (Wildman–Crippen LogP) is 4.07. The lowest BCUT2D eigenvalue weighted by atomic mass is 10.0. The van der Waals surface area contributed by atoms with Gasteiger partial charge in [-0.3, -0.25) is 9.36 Å². The summed E-state index contributed by atoms with van der Waals surface area (Å²) < 4.78 is 49.5. The maximum atomic E-state index is 13.6. The van der Waals surface area contributed by atoms with Crippen LogP contribution in [0.3, 0.4) is 0 Å². The summed E-state index contributed by atoms with van der Waals surface area (Å²) >= 11 is 0. The van der Waals surface area contributed by atoms with Gasteiger partial charge in [-0.1, -0.05) is 31.0 Å². The van der Waals surface area contributed by atoms with E-state index in [0.29, 0.717) is 5.75 Å². The smallest absolute Gasteiger partial charge is 0.389 e. The van der Waals surface area contributed by atoms with Crippen molar-refractivity contribution in [3.8, 4) is 5.75 Å². The largest absolute Gasteiger partial charge is 0.488 e. The quantitative estimate of drug-likeness (QED) is 0.193. The lowest BCUT2D eigenvalue weighted by molar-refractivity contribution is -0.389. The van der Waals surface area contributed by atoms with Crippen molar-refractivity contribution in [2.75, 3.05) is 13.7 Å². The molecule has 36 heavy (non-hydrogen) atoms. The third-order valence-corrected chi connectivity index (χ3v) is 5.92. The van der Waals surface area contributed by atoms with E-state index in [1.807, 2.05) is 6.07 Å². The van der Waals surface area contributed by atoms with Crippen LogP contribution in [0.2, 0.25) is 0 Å². The number of carbonyl (C=O) groups is 2. The molecule has 0 N–H and O–H groups in total. The number of alkyl halides is 3. The third-order valence-electron chi connectivity index (χ3n) is 5.92. The van der Waals surface area contributed by atoms with Gasteiger partial charge in [-0.05, 0) is 34.9 Å². The number of imidazole rings is 1. The van der Waals surface area contributed by atoms with Crippen molar-refractivity contribution in [3.05, 3.63) is 53.0 Å². The van der Waals surface area contributed by atoms with E-state index in [4.69, 9.17) is 9.47 Å². The standard InChI is InChI=1S/C23H27F3N4O6/c1-35-22(32)19-12-17(36-16-8-4-2-5-9-16)13-29(19)21(31)18(10-6-3-7-11-23(24,25)26)28-14-20(27-15-28)30(33)34/h2,4-5,8-9,14-15,17-19H,3,6-7,10-13H2,1H3/t17-,18?,19-/m0/s1. The van der Waals surface area contributed by atoms with E-state index in [1.165, 1.54) is 16.6 Å². The van der Waals surface area contributed by atoms with Gasteiger partial charge < -0.3 is 24.5 Å². The topological polar surface area (TPSA) is 117 Å². The first-order chi connectivity index (χ1) is 17.1. The summed E-state index contributed by atoms with van der Waals surface area (Å²) in [7, 11) is 1.20. The van der Waals surface area contributed by atoms with Crippen LogP contribution in [0, 0.1) is 10.1 Å². The van der Waals surface area contributed by atoms with Crippen LogP contribution in [0.25, 0.3) is 0 Å². The van der Waals surface area contributed by atoms with Crippen LogP contribution >= 0.6 is 0 Å². The summed E-state index contributed by atoms with van der Waals surface area (Å²) in [6.07, 6.45) is -2.82. The Morgan fingerprint density at radius 1 is 1.22 bits per heavy atom. The Bertz CT molecular complexity index is 1050. The van der Waals surface area contributed by atoms with E-state index in [0.717, 1.165) is 12.5 Å². The Labute approximate surface area is 205 Å². The number of methoxy groups -OCH3 is 1. The second-order valence-corrected chi connectivity index (χ2v) is 8.48. The van der Waals surface area contributed by atoms with E-state index in [2.05, 4.69) is 4.98 Å². The molecule has 1 aromatic heterocycles. The minimum atomic E-state index is -4.27. The molecule has 0 bridgehead atoms. The molecule has 13 heteroatoms. The Hall–Kier alpha value is -3.64. The van der Waals surface area contributed by atoms with Crippen molar-refractivity contribution in [1.29, 1.82) is 0 Å². The van der Waals surface area contributed by atoms with Crippen LogP contribution in [0.1, 0.15) is 44.6 Å². The zero-order valence-corrected chi connectivity index (χ0v) is 19.6. The zero-order valence-electron chi connectivity index (χ0n) is 19.6. The molecule has 1 aromatic carbocycles. The van der Waals surface area contributed by atoms with Crippen molar-refractivity contribution in [2.45, 2.75) is 62.9 Å². The van der Waals surface area contributed by atoms with Crippen LogP contribution in [0.4, 0.5) is 19.0 Å². The van der Waals surface area contributed by atoms with Gasteiger partial charge in [-0.25, -0.2) is 4.79 Å². The van der Waals surface area contributed by atoms with Crippen molar-refractivity contribution in [2.24, 2.45) is 0 Å². The van der Waals surface area contributed by atoms with Crippen LogP contribution in [-0.4, -0.2) is 63.2 Å². The molecule has 3 atom stereocenters. The molecule has 3 rings (SSSR count). The summed E-state index contributed by atoms with van der Waals surface area (Å²) in [6.45, 7) is 0.0643. The molecule has 0 saturated carbocycles. The molecule has 196 valence electrons. The number of unbranched alkanes of at least 4 members (excludes halogenated alkanes) is 2. The van der Waals surface area contributed by atoms with Crippen molar-refractivity contribution >= 4 is 17.7 Å². The number of halogens is 3. The van der Waals surface area contributed by atoms with Crippen molar-refractivity contribution in [1.82, 2.24) is 14.5 Å². The molecule has 10 nitrogen and oxygen atoms in total. The lowest BCUT2D eigenvalue weighted by Gasteiger charge is -2.27. The monoisotopic (exact) mass is 512 g/mol. The number of nitro groups is 1. The fourth-order valence-electron chi connectivity index (χ4n) is 4.20. The van der Waals surface area contributed by atoms with Crippen LogP contribution < -0.4 is 4.74 Å². The molecule has 0 aliphatic carbocycles. The summed E-state index contributed by atoms with van der Waals surface area (Å²) in [5.74, 6) is -1.07. The highest BCUT2D eigenvalue weighted by atomic mass is 19.4. The Balaban J connectivity index is 1.78. The Kier molecular flexibility index (Phi) is 8.88. The number of likely N-dealkylation sites (tertiary alicyclic amines) is 1. The van der Waals surface area contributed by atoms with Crippen LogP contribution in [0.15, 0.2) is 42.9 Å². The molecule has 0 radical (unpaired) electrons. The van der Waals surface area contributed by atoms with Gasteiger partial charge >= 0.3 is 18.0 Å². The number of benzene rings is 1. The first-order valence-corrected chi connectivity index (χ1v) is 11.4. The zero-order chi connectivity index (χ0) is 26.3. The molecular formula is C23H27F3N4O6. The first kappa shape index (κ1) is 27.0. The highest BCUT2D eigenvalue weighted by Gasteiger charge is 2.44. The highest BCUT2D eigenvalue weighted by Crippen LogP contribution is 2.30. The van der Waals surface area contributed by atoms with Crippen molar-refractivity contribution < 1.29 is 37.2 Å². The lowest BCUT2D eigenvalue weighted by Crippen LogP contribution is -2.44. The molecule has 1 aliphatic heterocycles. The Morgan fingerprint density at radius 3 is 2.56 bits per heavy atom. The fraction of sp³-hybridized carbons (Fsp3) is 0.522. The van der Waals surface area contributed by atoms with Crippen molar-refractivity contribution in [3.63, 3.8) is 0 Å². The summed E-state index contributed by atoms with van der Waals surface area (Å²) in [5, 5.41) is 11.1. The average Bonchev–Trinajstić information content (AvgIpc) is 3.48. The maximum Gasteiger partial charge on any atom is 0.389 e. The van der Waals surface area contributed by atoms with Crippen LogP contribution in [-0.2, 0) is 14.3 Å². The summed E-state index contributed by atoms with van der Waals surface area (Å²) in [6, 6.07) is 6.93. The average molecular weight is 512 g/mol. The van der Waals surface area contributed by atoms with Gasteiger partial charge in [0.15, 0.2) is 0 Å². The van der Waals surface area contributed by atoms with E-state index in [9.17, 15) is 32.9 Å². The van der Waals surface area contributed by atoms with Gasteiger partial charge in [0.25, 0.3) is 0 Å². The number of nitrogens with zero attached hydrogens (tertiary/aromatic N) is 4. The number of aromatic nitrogens is 2. The van der Waals surface area contributed by atoms with E-state index >= 15 is 0 Å². The number of ether oxygens (including phenoxy) is 2. The van der Waals surface area contributed by atoms with Crippen LogP contribution in [0.5, 0.6) is 5.75 Å². The van der Waals surface area contributed by atoms with E-state index in [1.54, 1.807) is 24.3 Å². The second kappa shape index (κ2) is 11.9. The normalized spacial score (nSPS) is 18.6. The molecule has 1 amide bonds. The van der Waals surface area contributed by atoms with E-state index in [-0.39, 0.29) is 38.6 Å². The number of esters is 1. The number of amides is 1. The number of hydrogen-bond acceptors (Lipinski definition) is 7. The van der Waals surface area contributed by atoms with Gasteiger partial charge in [-0.15, -0.1) is 0 Å². The highest BCUT2D eigenvalue weighted by molar-refractivity contribution is 5.87. The molecular weight excluding hydrogens is 485 g/mol. The maximum absolute atomic E-state index is 13.6. The number of rotatable bonds is 11.